The lowest BCUT2D eigenvalue weighted by Gasteiger charge is -2.34. The van der Waals surface area contributed by atoms with E-state index in [-0.39, 0.29) is 29.6 Å². The molecule has 0 radical (unpaired) electrons. The number of fused-ring (bicyclic) bond motifs is 1. The van der Waals surface area contributed by atoms with Crippen molar-refractivity contribution in [2.75, 3.05) is 23.8 Å². The number of amides is 3. The highest BCUT2D eigenvalue weighted by Gasteiger charge is 2.73. The van der Waals surface area contributed by atoms with Gasteiger partial charge in [0.1, 0.15) is 6.04 Å². The van der Waals surface area contributed by atoms with Crippen LogP contribution in [0.4, 0.5) is 11.4 Å². The largest absolute Gasteiger partial charge is 0.396 e. The highest BCUT2D eigenvalue weighted by molar-refractivity contribution is 8.02. The molecule has 3 amide bonds. The first-order valence-electron chi connectivity index (χ1n) is 13.7. The quantitative estimate of drug-likeness (QED) is 0.389. The number of thioether (sulfide) groups is 1. The van der Waals surface area contributed by atoms with E-state index in [1.54, 1.807) is 16.7 Å². The van der Waals surface area contributed by atoms with Crippen molar-refractivity contribution in [3.8, 4) is 0 Å². The Labute approximate surface area is 228 Å². The minimum absolute atomic E-state index is 0.0230. The first-order chi connectivity index (χ1) is 18.4. The van der Waals surface area contributed by atoms with E-state index >= 15 is 0 Å². The Kier molecular flexibility index (Phi) is 7.82. The van der Waals surface area contributed by atoms with Crippen LogP contribution in [0.1, 0.15) is 49.7 Å². The molecule has 8 heteroatoms. The molecule has 0 aliphatic carbocycles. The third-order valence-corrected chi connectivity index (χ3v) is 10.4. The van der Waals surface area contributed by atoms with Crippen molar-refractivity contribution < 1.29 is 19.5 Å². The number of rotatable bonds is 10. The van der Waals surface area contributed by atoms with Gasteiger partial charge < -0.3 is 20.6 Å². The maximum absolute atomic E-state index is 14.1. The van der Waals surface area contributed by atoms with Gasteiger partial charge in [-0.05, 0) is 62.8 Å². The van der Waals surface area contributed by atoms with E-state index in [1.165, 1.54) is 0 Å². The lowest BCUT2D eigenvalue weighted by Crippen LogP contribution is -2.51. The van der Waals surface area contributed by atoms with Gasteiger partial charge >= 0.3 is 0 Å². The molecule has 7 nitrogen and oxygen atoms in total. The number of benzene rings is 2. The molecule has 5 atom stereocenters. The number of hydrogen-bond donors (Lipinski definition) is 3. The number of aliphatic hydroxyl groups is 1. The number of aliphatic hydroxyl groups excluding tert-OH is 1. The van der Waals surface area contributed by atoms with E-state index in [0.717, 1.165) is 61.0 Å². The van der Waals surface area contributed by atoms with Gasteiger partial charge in [0, 0.05) is 29.8 Å². The number of carbonyl (C=O) groups is 3. The second-order valence-electron chi connectivity index (χ2n) is 10.8. The first kappa shape index (κ1) is 26.8. The Bertz CT molecular complexity index is 1180. The SMILES string of the molecule is Cc1cccc(C)c1NC(=O)C1N(CCCCCCO)C(=O)[C@@H]2[C@H](C(=O)Nc3ccccc3)[C@@H]3CCC12S3. The Morgan fingerprint density at radius 1 is 0.974 bits per heavy atom. The van der Waals surface area contributed by atoms with Gasteiger partial charge in [-0.15, -0.1) is 11.8 Å². The number of unbranched alkanes of at least 4 members (excludes halogenated alkanes) is 3. The predicted octanol–water partition coefficient (Wildman–Crippen LogP) is 4.52. The van der Waals surface area contributed by atoms with Gasteiger partial charge in [-0.1, -0.05) is 49.2 Å². The normalized spacial score (nSPS) is 27.4. The molecule has 0 saturated carbocycles. The second-order valence-corrected chi connectivity index (χ2v) is 12.4. The van der Waals surface area contributed by atoms with Crippen molar-refractivity contribution >= 4 is 40.9 Å². The minimum Gasteiger partial charge on any atom is -0.396 e. The molecule has 3 heterocycles. The molecule has 2 bridgehead atoms. The third kappa shape index (κ3) is 4.73. The van der Waals surface area contributed by atoms with E-state index in [0.29, 0.717) is 6.54 Å². The molecule has 3 saturated heterocycles. The highest BCUT2D eigenvalue weighted by Crippen LogP contribution is 2.66. The lowest BCUT2D eigenvalue weighted by molar-refractivity contribution is -0.138. The summed E-state index contributed by atoms with van der Waals surface area (Å²) in [5, 5.41) is 15.4. The first-order valence-corrected chi connectivity index (χ1v) is 14.6. The van der Waals surface area contributed by atoms with E-state index in [9.17, 15) is 14.4 Å². The van der Waals surface area contributed by atoms with Gasteiger partial charge in [0.25, 0.3) is 0 Å². The van der Waals surface area contributed by atoms with Crippen LogP contribution in [0.15, 0.2) is 48.5 Å². The zero-order valence-corrected chi connectivity index (χ0v) is 22.9. The summed E-state index contributed by atoms with van der Waals surface area (Å²) in [6.45, 7) is 4.58. The number of nitrogens with one attached hydrogen (secondary N) is 2. The number of anilines is 2. The standard InChI is InChI=1S/C30H37N3O4S/c1-19-11-10-12-20(2)25(19)32-28(36)26-30-16-15-22(38-30)23(27(35)31-21-13-6-5-7-14-21)24(30)29(37)33(26)17-8-3-4-9-18-34/h5-7,10-14,22-24,26,34H,3-4,8-9,15-18H2,1-2H3,(H,31,35)(H,32,36)/t22-,23+,24-,26?,30?/m0/s1. The molecule has 5 rings (SSSR count). The van der Waals surface area contributed by atoms with Gasteiger partial charge in [0.05, 0.1) is 16.6 Å². The van der Waals surface area contributed by atoms with Crippen molar-refractivity contribution in [1.82, 2.24) is 4.90 Å². The van der Waals surface area contributed by atoms with Crippen LogP contribution in [-0.2, 0) is 14.4 Å². The fourth-order valence-electron chi connectivity index (χ4n) is 6.69. The van der Waals surface area contributed by atoms with Crippen molar-refractivity contribution in [3.63, 3.8) is 0 Å². The Hall–Kier alpha value is -2.84. The zero-order valence-electron chi connectivity index (χ0n) is 22.1. The number of nitrogens with zero attached hydrogens (tertiary/aromatic N) is 1. The van der Waals surface area contributed by atoms with Crippen LogP contribution in [0.25, 0.3) is 0 Å². The molecular formula is C30H37N3O4S. The van der Waals surface area contributed by atoms with Crippen molar-refractivity contribution in [1.29, 1.82) is 0 Å². The number of aryl methyl sites for hydroxylation is 2. The highest BCUT2D eigenvalue weighted by atomic mass is 32.2. The molecule has 1 spiro atoms. The van der Waals surface area contributed by atoms with Crippen LogP contribution < -0.4 is 10.6 Å². The van der Waals surface area contributed by atoms with Crippen molar-refractivity contribution in [2.24, 2.45) is 11.8 Å². The van der Waals surface area contributed by atoms with Crippen LogP contribution in [0.3, 0.4) is 0 Å². The summed E-state index contributed by atoms with van der Waals surface area (Å²) < 4.78 is -0.605. The topological polar surface area (TPSA) is 98.7 Å². The third-order valence-electron chi connectivity index (χ3n) is 8.43. The summed E-state index contributed by atoms with van der Waals surface area (Å²) in [4.78, 5) is 43.5. The summed E-state index contributed by atoms with van der Waals surface area (Å²) in [7, 11) is 0. The van der Waals surface area contributed by atoms with Gasteiger partial charge in [-0.2, -0.15) is 0 Å². The number of para-hydroxylation sites is 2. The molecule has 2 unspecified atom stereocenters. The fraction of sp³-hybridized carbons (Fsp3) is 0.500. The van der Waals surface area contributed by atoms with Gasteiger partial charge in [-0.25, -0.2) is 0 Å². The summed E-state index contributed by atoms with van der Waals surface area (Å²) >= 11 is 1.69. The van der Waals surface area contributed by atoms with E-state index < -0.39 is 22.6 Å². The molecule has 38 heavy (non-hydrogen) atoms. The molecule has 3 N–H and O–H groups in total. The molecule has 3 fully saturated rings. The van der Waals surface area contributed by atoms with Crippen LogP contribution >= 0.6 is 11.8 Å². The Morgan fingerprint density at radius 3 is 2.39 bits per heavy atom. The second kappa shape index (κ2) is 11.1. The average molecular weight is 536 g/mol. The zero-order chi connectivity index (χ0) is 26.9. The van der Waals surface area contributed by atoms with Crippen LogP contribution in [0.5, 0.6) is 0 Å². The predicted molar refractivity (Wildman–Crippen MR) is 151 cm³/mol. The van der Waals surface area contributed by atoms with Crippen molar-refractivity contribution in [2.45, 2.75) is 68.4 Å². The van der Waals surface area contributed by atoms with E-state index in [4.69, 9.17) is 5.11 Å². The van der Waals surface area contributed by atoms with E-state index in [2.05, 4.69) is 10.6 Å². The smallest absolute Gasteiger partial charge is 0.248 e. The molecule has 2 aromatic carbocycles. The monoisotopic (exact) mass is 535 g/mol. The van der Waals surface area contributed by atoms with Crippen LogP contribution in [0.2, 0.25) is 0 Å². The summed E-state index contributed by atoms with van der Waals surface area (Å²) in [6.07, 6.45) is 4.82. The molecule has 3 aliphatic rings. The number of carbonyl (C=O) groups excluding carboxylic acids is 3. The van der Waals surface area contributed by atoms with E-state index in [1.807, 2.05) is 62.4 Å². The Morgan fingerprint density at radius 2 is 1.68 bits per heavy atom. The molecule has 2 aromatic rings. The fourth-order valence-corrected chi connectivity index (χ4v) is 8.91. The van der Waals surface area contributed by atoms with Gasteiger partial charge in [0.15, 0.2) is 0 Å². The molecule has 3 aliphatic heterocycles. The van der Waals surface area contributed by atoms with Gasteiger partial charge in [0.2, 0.25) is 17.7 Å². The van der Waals surface area contributed by atoms with Crippen LogP contribution in [-0.4, -0.2) is 56.9 Å². The number of hydrogen-bond acceptors (Lipinski definition) is 5. The number of likely N-dealkylation sites (tertiary alicyclic amines) is 1. The Balaban J connectivity index is 1.44. The molecule has 0 aromatic heterocycles. The maximum atomic E-state index is 14.1. The summed E-state index contributed by atoms with van der Waals surface area (Å²) in [5.74, 6) is -1.34. The minimum atomic E-state index is -0.624. The van der Waals surface area contributed by atoms with Crippen molar-refractivity contribution in [3.05, 3.63) is 59.7 Å². The maximum Gasteiger partial charge on any atom is 0.248 e. The van der Waals surface area contributed by atoms with Crippen LogP contribution in [0, 0.1) is 25.7 Å². The molecule has 202 valence electrons. The summed E-state index contributed by atoms with van der Waals surface area (Å²) in [6, 6.07) is 14.6. The average Bonchev–Trinajstić information content (AvgIpc) is 3.54. The summed E-state index contributed by atoms with van der Waals surface area (Å²) in [5.41, 5.74) is 3.48. The molecular weight excluding hydrogens is 498 g/mol. The lowest BCUT2D eigenvalue weighted by atomic mass is 9.70. The van der Waals surface area contributed by atoms with Gasteiger partial charge in [-0.3, -0.25) is 14.4 Å².